The molecule has 1 heterocycles. The quantitative estimate of drug-likeness (QED) is 0.663. The smallest absolute Gasteiger partial charge is 0.00639 e. The number of aryl methyl sites for hydroxylation is 1. The molecule has 1 rings (SSSR count). The maximum Gasteiger partial charge on any atom is 0.00639 e. The fourth-order valence-electron chi connectivity index (χ4n) is 1.93. The summed E-state index contributed by atoms with van der Waals surface area (Å²) in [5, 5.41) is 5.57. The topological polar surface area (TPSA) is 12.0 Å². The van der Waals surface area contributed by atoms with Gasteiger partial charge in [0.05, 0.1) is 0 Å². The van der Waals surface area contributed by atoms with Crippen molar-refractivity contribution >= 4 is 11.3 Å². The van der Waals surface area contributed by atoms with Gasteiger partial charge in [-0.25, -0.2) is 0 Å². The van der Waals surface area contributed by atoms with E-state index in [-0.39, 0.29) is 0 Å². The van der Waals surface area contributed by atoms with Crippen LogP contribution in [0.2, 0.25) is 0 Å². The Balaban J connectivity index is 2.05. The molecule has 0 aliphatic rings. The van der Waals surface area contributed by atoms with Gasteiger partial charge in [-0.15, -0.1) is 11.3 Å². The van der Waals surface area contributed by atoms with Gasteiger partial charge in [0.1, 0.15) is 0 Å². The summed E-state index contributed by atoms with van der Waals surface area (Å²) in [6.45, 7) is 2.26. The lowest BCUT2D eigenvalue weighted by Crippen LogP contribution is -2.24. The van der Waals surface area contributed by atoms with Crippen molar-refractivity contribution in [3.63, 3.8) is 0 Å². The van der Waals surface area contributed by atoms with Crippen LogP contribution in [0.15, 0.2) is 17.5 Å². The Labute approximate surface area is 97.9 Å². The number of thiophene rings is 1. The highest BCUT2D eigenvalue weighted by Gasteiger charge is 2.03. The molecular formula is C13H23NS. The molecule has 86 valence electrons. The van der Waals surface area contributed by atoms with Crippen molar-refractivity contribution in [2.45, 2.75) is 51.5 Å². The highest BCUT2D eigenvalue weighted by molar-refractivity contribution is 7.09. The van der Waals surface area contributed by atoms with E-state index in [0.29, 0.717) is 0 Å². The Hall–Kier alpha value is -0.340. The van der Waals surface area contributed by atoms with Crippen LogP contribution in [-0.2, 0) is 6.42 Å². The van der Waals surface area contributed by atoms with E-state index >= 15 is 0 Å². The molecule has 0 aliphatic heterocycles. The third-order valence-electron chi connectivity index (χ3n) is 2.85. The van der Waals surface area contributed by atoms with Gasteiger partial charge in [0.25, 0.3) is 0 Å². The number of nitrogens with one attached hydrogen (secondary N) is 1. The summed E-state index contributed by atoms with van der Waals surface area (Å²) in [6, 6.07) is 5.12. The molecule has 1 unspecified atom stereocenters. The maximum absolute atomic E-state index is 3.40. The molecule has 0 saturated carbocycles. The maximum atomic E-state index is 3.40. The van der Waals surface area contributed by atoms with Gasteiger partial charge in [0.2, 0.25) is 0 Å². The highest BCUT2D eigenvalue weighted by Crippen LogP contribution is 2.14. The van der Waals surface area contributed by atoms with Crippen molar-refractivity contribution in [3.05, 3.63) is 22.4 Å². The van der Waals surface area contributed by atoms with Gasteiger partial charge in [-0.1, -0.05) is 25.8 Å². The lowest BCUT2D eigenvalue weighted by atomic mass is 10.0. The Morgan fingerprint density at radius 2 is 2.20 bits per heavy atom. The molecule has 1 N–H and O–H groups in total. The van der Waals surface area contributed by atoms with E-state index < -0.39 is 0 Å². The Morgan fingerprint density at radius 1 is 1.33 bits per heavy atom. The minimum absolute atomic E-state index is 0.735. The summed E-state index contributed by atoms with van der Waals surface area (Å²) < 4.78 is 0. The summed E-state index contributed by atoms with van der Waals surface area (Å²) in [5.41, 5.74) is 0. The SMILES string of the molecule is CCCC(CCCCc1cccs1)NC. The first-order chi connectivity index (χ1) is 7.36. The van der Waals surface area contributed by atoms with E-state index in [2.05, 4.69) is 36.8 Å². The molecule has 2 heteroatoms. The minimum Gasteiger partial charge on any atom is -0.317 e. The van der Waals surface area contributed by atoms with Crippen LogP contribution < -0.4 is 5.32 Å². The summed E-state index contributed by atoms with van der Waals surface area (Å²) in [5.74, 6) is 0. The second-order valence-corrected chi connectivity index (χ2v) is 5.13. The summed E-state index contributed by atoms with van der Waals surface area (Å²) >= 11 is 1.88. The number of hydrogen-bond donors (Lipinski definition) is 1. The number of hydrogen-bond acceptors (Lipinski definition) is 2. The predicted molar refractivity (Wildman–Crippen MR) is 69.6 cm³/mol. The summed E-state index contributed by atoms with van der Waals surface area (Å²) in [6.07, 6.45) is 7.88. The Kier molecular flexibility index (Phi) is 6.69. The first-order valence-corrected chi connectivity index (χ1v) is 6.94. The highest BCUT2D eigenvalue weighted by atomic mass is 32.1. The van der Waals surface area contributed by atoms with Gasteiger partial charge in [0.15, 0.2) is 0 Å². The van der Waals surface area contributed by atoms with Gasteiger partial charge in [-0.2, -0.15) is 0 Å². The molecule has 0 radical (unpaired) electrons. The van der Waals surface area contributed by atoms with E-state index in [4.69, 9.17) is 0 Å². The molecule has 1 nitrogen and oxygen atoms in total. The molecular weight excluding hydrogens is 202 g/mol. The first kappa shape index (κ1) is 12.7. The molecule has 0 spiro atoms. The Bertz CT molecular complexity index is 231. The normalized spacial score (nSPS) is 12.9. The molecule has 0 saturated heterocycles. The van der Waals surface area contributed by atoms with Crippen LogP contribution in [0.25, 0.3) is 0 Å². The zero-order chi connectivity index (χ0) is 10.9. The molecule has 1 atom stereocenters. The fourth-order valence-corrected chi connectivity index (χ4v) is 2.68. The first-order valence-electron chi connectivity index (χ1n) is 6.06. The Morgan fingerprint density at radius 3 is 2.80 bits per heavy atom. The zero-order valence-corrected chi connectivity index (χ0v) is 10.8. The number of rotatable bonds is 8. The molecule has 0 fully saturated rings. The van der Waals surface area contributed by atoms with Crippen molar-refractivity contribution in [3.8, 4) is 0 Å². The molecule has 0 aliphatic carbocycles. The van der Waals surface area contributed by atoms with Crippen molar-refractivity contribution in [1.29, 1.82) is 0 Å². The van der Waals surface area contributed by atoms with Gasteiger partial charge < -0.3 is 5.32 Å². The minimum atomic E-state index is 0.735. The van der Waals surface area contributed by atoms with E-state index in [1.165, 1.54) is 43.4 Å². The molecule has 1 aromatic rings. The zero-order valence-electron chi connectivity index (χ0n) is 9.96. The monoisotopic (exact) mass is 225 g/mol. The third kappa shape index (κ3) is 5.33. The summed E-state index contributed by atoms with van der Waals surface area (Å²) in [7, 11) is 2.08. The van der Waals surface area contributed by atoms with Crippen molar-refractivity contribution in [2.24, 2.45) is 0 Å². The van der Waals surface area contributed by atoms with Crippen molar-refractivity contribution in [2.75, 3.05) is 7.05 Å². The third-order valence-corrected chi connectivity index (χ3v) is 3.79. The molecule has 0 bridgehead atoms. The second-order valence-electron chi connectivity index (χ2n) is 4.10. The van der Waals surface area contributed by atoms with Gasteiger partial charge in [-0.05, 0) is 44.2 Å². The molecule has 0 amide bonds. The van der Waals surface area contributed by atoms with Crippen LogP contribution in [0.4, 0.5) is 0 Å². The van der Waals surface area contributed by atoms with E-state index in [1.807, 2.05) is 11.3 Å². The van der Waals surface area contributed by atoms with E-state index in [0.717, 1.165) is 6.04 Å². The van der Waals surface area contributed by atoms with Crippen molar-refractivity contribution < 1.29 is 0 Å². The van der Waals surface area contributed by atoms with Crippen molar-refractivity contribution in [1.82, 2.24) is 5.32 Å². The second kappa shape index (κ2) is 7.89. The lowest BCUT2D eigenvalue weighted by molar-refractivity contribution is 0.462. The number of unbranched alkanes of at least 4 members (excludes halogenated alkanes) is 1. The van der Waals surface area contributed by atoms with Crippen LogP contribution in [0.5, 0.6) is 0 Å². The van der Waals surface area contributed by atoms with Crippen LogP contribution >= 0.6 is 11.3 Å². The van der Waals surface area contributed by atoms with Crippen LogP contribution in [0.1, 0.15) is 43.9 Å². The average Bonchev–Trinajstić information content (AvgIpc) is 2.75. The fraction of sp³-hybridized carbons (Fsp3) is 0.692. The average molecular weight is 225 g/mol. The van der Waals surface area contributed by atoms with E-state index in [9.17, 15) is 0 Å². The molecule has 15 heavy (non-hydrogen) atoms. The van der Waals surface area contributed by atoms with Gasteiger partial charge in [0, 0.05) is 10.9 Å². The standard InChI is InChI=1S/C13H23NS/c1-3-7-12(14-2)8-4-5-9-13-10-6-11-15-13/h6,10-12,14H,3-5,7-9H2,1-2H3. The van der Waals surface area contributed by atoms with Gasteiger partial charge >= 0.3 is 0 Å². The van der Waals surface area contributed by atoms with Crippen LogP contribution in [0, 0.1) is 0 Å². The lowest BCUT2D eigenvalue weighted by Gasteiger charge is -2.14. The predicted octanol–water partition coefficient (Wildman–Crippen LogP) is 3.85. The van der Waals surface area contributed by atoms with Gasteiger partial charge in [-0.3, -0.25) is 0 Å². The molecule has 1 aromatic heterocycles. The van der Waals surface area contributed by atoms with E-state index in [1.54, 1.807) is 0 Å². The summed E-state index contributed by atoms with van der Waals surface area (Å²) in [4.78, 5) is 1.53. The largest absolute Gasteiger partial charge is 0.317 e. The molecule has 0 aromatic carbocycles. The van der Waals surface area contributed by atoms with Crippen LogP contribution in [-0.4, -0.2) is 13.1 Å². The van der Waals surface area contributed by atoms with Crippen LogP contribution in [0.3, 0.4) is 0 Å².